The molecule has 1 aromatic heterocycles. The van der Waals surface area contributed by atoms with Gasteiger partial charge in [-0.1, -0.05) is 141 Å². The fourth-order valence-corrected chi connectivity index (χ4v) is 12.4. The first-order valence-corrected chi connectivity index (χ1v) is 21.3. The van der Waals surface area contributed by atoms with Crippen LogP contribution in [0.25, 0.3) is 32.3 Å². The van der Waals surface area contributed by atoms with Gasteiger partial charge in [0.2, 0.25) is 0 Å². The van der Waals surface area contributed by atoms with Crippen molar-refractivity contribution in [1.29, 1.82) is 0 Å². The highest BCUT2D eigenvalue weighted by molar-refractivity contribution is 7.33. The molecule has 0 atom stereocenters. The van der Waals surface area contributed by atoms with E-state index in [4.69, 9.17) is 0 Å². The van der Waals surface area contributed by atoms with E-state index in [1.807, 2.05) is 11.3 Å². The molecule has 0 radical (unpaired) electrons. The van der Waals surface area contributed by atoms with Gasteiger partial charge in [-0.2, -0.15) is 0 Å². The van der Waals surface area contributed by atoms with Crippen molar-refractivity contribution in [1.82, 2.24) is 0 Å². The molecule has 0 bridgehead atoms. The van der Waals surface area contributed by atoms with Crippen LogP contribution in [-0.2, 0) is 5.41 Å². The van der Waals surface area contributed by atoms with Crippen molar-refractivity contribution in [3.8, 4) is 22.3 Å². The highest BCUT2D eigenvalue weighted by atomic mass is 32.1. The van der Waals surface area contributed by atoms with Crippen LogP contribution in [-0.4, -0.2) is 6.71 Å². The largest absolute Gasteiger partial charge is 0.311 e. The number of anilines is 6. The quantitative estimate of drug-likeness (QED) is 0.166. The Bertz CT molecular complexity index is 3140. The molecule has 0 unspecified atom stereocenters. The minimum absolute atomic E-state index is 0.0822. The molecular weight excluding hydrogens is 719 g/mol. The predicted octanol–water partition coefficient (Wildman–Crippen LogP) is 12.5. The maximum Gasteiger partial charge on any atom is 0.264 e. The third-order valence-corrected chi connectivity index (χ3v) is 14.6. The van der Waals surface area contributed by atoms with E-state index in [0.29, 0.717) is 5.92 Å². The summed E-state index contributed by atoms with van der Waals surface area (Å²) in [5.41, 5.74) is 22.0. The molecule has 2 aliphatic carbocycles. The van der Waals surface area contributed by atoms with Crippen LogP contribution in [0, 0.1) is 0 Å². The molecule has 9 aromatic rings. The van der Waals surface area contributed by atoms with Gasteiger partial charge in [-0.3, -0.25) is 0 Å². The number of rotatable bonds is 3. The van der Waals surface area contributed by atoms with Gasteiger partial charge in [0.25, 0.3) is 6.71 Å². The van der Waals surface area contributed by atoms with Gasteiger partial charge in [0, 0.05) is 43.3 Å². The van der Waals surface area contributed by atoms with Gasteiger partial charge in [-0.05, 0) is 122 Å². The minimum Gasteiger partial charge on any atom is -0.311 e. The molecule has 3 heterocycles. The van der Waals surface area contributed by atoms with Gasteiger partial charge in [-0.25, -0.2) is 0 Å². The standard InChI is InChI=1S/C54H37BN2S/c1-33(2)34-28-29-46-49(30-34)56(35-16-5-3-6-17-35)47-26-15-27-48-51(47)55(46)53-52(57(48)36-18-7-4-8-19-36)41-31-40-39-22-11-14-25-44(39)54(45(40)32-50(41)58-53)42-23-12-9-20-37(42)38-21-10-13-24-43(38)54/h3-33H,1-2H3. The van der Waals surface area contributed by atoms with Gasteiger partial charge in [-0.15, -0.1) is 11.3 Å². The predicted molar refractivity (Wildman–Crippen MR) is 246 cm³/mol. The highest BCUT2D eigenvalue weighted by Crippen LogP contribution is 2.64. The number of para-hydroxylation sites is 2. The Labute approximate surface area is 343 Å². The van der Waals surface area contributed by atoms with Crippen LogP contribution in [0.1, 0.15) is 47.6 Å². The lowest BCUT2D eigenvalue weighted by molar-refractivity contribution is 0.795. The Balaban J connectivity index is 1.14. The first-order valence-electron chi connectivity index (χ1n) is 20.5. The molecule has 13 rings (SSSR count). The van der Waals surface area contributed by atoms with Gasteiger partial charge in [0.15, 0.2) is 0 Å². The lowest BCUT2D eigenvalue weighted by atomic mass is 9.36. The summed E-state index contributed by atoms with van der Waals surface area (Å²) in [6, 6.07) is 68.8. The fraction of sp³-hybridized carbons (Fsp3) is 0.0741. The molecular formula is C54H37BN2S. The zero-order valence-electron chi connectivity index (χ0n) is 32.3. The number of hydrogen-bond donors (Lipinski definition) is 0. The molecule has 4 heteroatoms. The zero-order valence-corrected chi connectivity index (χ0v) is 33.1. The normalized spacial score (nSPS) is 14.6. The Kier molecular flexibility index (Phi) is 6.56. The molecule has 8 aromatic carbocycles. The third kappa shape index (κ3) is 4.03. The molecule has 0 saturated carbocycles. The summed E-state index contributed by atoms with van der Waals surface area (Å²) < 4.78 is 2.74. The lowest BCUT2D eigenvalue weighted by Crippen LogP contribution is -2.60. The second-order valence-corrected chi connectivity index (χ2v) is 17.6. The van der Waals surface area contributed by atoms with E-state index >= 15 is 0 Å². The first-order chi connectivity index (χ1) is 28.6. The molecule has 0 N–H and O–H groups in total. The monoisotopic (exact) mass is 756 g/mol. The number of benzene rings is 8. The maximum atomic E-state index is 2.59. The summed E-state index contributed by atoms with van der Waals surface area (Å²) in [4.78, 5) is 5.09. The smallest absolute Gasteiger partial charge is 0.264 e. The second kappa shape index (κ2) is 11.7. The zero-order chi connectivity index (χ0) is 38.3. The third-order valence-electron chi connectivity index (χ3n) is 13.4. The van der Waals surface area contributed by atoms with Crippen LogP contribution in [0.5, 0.6) is 0 Å². The van der Waals surface area contributed by atoms with Crippen molar-refractivity contribution in [2.45, 2.75) is 25.2 Å². The van der Waals surface area contributed by atoms with E-state index in [9.17, 15) is 0 Å². The van der Waals surface area contributed by atoms with Gasteiger partial charge >= 0.3 is 0 Å². The Morgan fingerprint density at radius 2 is 1.03 bits per heavy atom. The van der Waals surface area contributed by atoms with E-state index in [1.54, 1.807) is 0 Å². The van der Waals surface area contributed by atoms with Gasteiger partial charge in [0.05, 0.1) is 11.1 Å². The minimum atomic E-state index is -0.381. The summed E-state index contributed by atoms with van der Waals surface area (Å²) in [6.45, 7) is 4.69. The van der Waals surface area contributed by atoms with E-state index in [1.165, 1.54) is 110 Å². The van der Waals surface area contributed by atoms with Crippen molar-refractivity contribution in [2.24, 2.45) is 0 Å². The molecule has 0 amide bonds. The van der Waals surface area contributed by atoms with Crippen LogP contribution in [0.4, 0.5) is 34.1 Å². The topological polar surface area (TPSA) is 6.48 Å². The van der Waals surface area contributed by atoms with E-state index in [0.717, 1.165) is 0 Å². The van der Waals surface area contributed by atoms with Crippen LogP contribution >= 0.6 is 11.3 Å². The number of thiophene rings is 1. The summed E-state index contributed by atoms with van der Waals surface area (Å²) in [5, 5.41) is 1.32. The number of nitrogens with zero attached hydrogens (tertiary/aromatic N) is 2. The lowest BCUT2D eigenvalue weighted by Gasteiger charge is -2.43. The van der Waals surface area contributed by atoms with Crippen LogP contribution in [0.2, 0.25) is 0 Å². The van der Waals surface area contributed by atoms with Crippen molar-refractivity contribution < 1.29 is 0 Å². The molecule has 2 aliphatic heterocycles. The molecule has 58 heavy (non-hydrogen) atoms. The molecule has 4 aliphatic rings. The maximum absolute atomic E-state index is 2.59. The van der Waals surface area contributed by atoms with Gasteiger partial charge < -0.3 is 9.80 Å². The molecule has 0 fully saturated rings. The Hall–Kier alpha value is -6.62. The molecule has 1 spiro atoms. The molecule has 0 saturated heterocycles. The summed E-state index contributed by atoms with van der Waals surface area (Å²) in [5.74, 6) is 0.416. The summed E-state index contributed by atoms with van der Waals surface area (Å²) in [6.07, 6.45) is 0. The van der Waals surface area contributed by atoms with E-state index in [-0.39, 0.29) is 12.1 Å². The van der Waals surface area contributed by atoms with Crippen molar-refractivity contribution in [3.05, 3.63) is 210 Å². The number of hydrogen-bond acceptors (Lipinski definition) is 3. The van der Waals surface area contributed by atoms with Crippen LogP contribution < -0.4 is 25.5 Å². The fourth-order valence-electron chi connectivity index (χ4n) is 11.1. The Morgan fingerprint density at radius 1 is 0.483 bits per heavy atom. The first kappa shape index (κ1) is 32.5. The van der Waals surface area contributed by atoms with E-state index < -0.39 is 0 Å². The molecule has 272 valence electrons. The number of fused-ring (bicyclic) bond motifs is 16. The van der Waals surface area contributed by atoms with Crippen molar-refractivity contribution in [3.63, 3.8) is 0 Å². The second-order valence-electron chi connectivity index (χ2n) is 16.6. The van der Waals surface area contributed by atoms with Gasteiger partial charge in [0.1, 0.15) is 0 Å². The van der Waals surface area contributed by atoms with Crippen molar-refractivity contribution in [2.75, 3.05) is 9.80 Å². The summed E-state index contributed by atoms with van der Waals surface area (Å²) >= 11 is 2.00. The SMILES string of the molecule is CC(C)c1ccc2c(c1)N(c1ccccc1)c1cccc3c1B2c1sc2cc4c(cc2c1N3c1ccccc1)-c1ccccc1C41c2ccccc2-c2ccccc21. The average Bonchev–Trinajstić information content (AvgIpc) is 3.89. The van der Waals surface area contributed by atoms with E-state index in [2.05, 4.69) is 206 Å². The van der Waals surface area contributed by atoms with Crippen LogP contribution in [0.15, 0.2) is 182 Å². The summed E-state index contributed by atoms with van der Waals surface area (Å²) in [7, 11) is 0. The molecule has 2 nitrogen and oxygen atoms in total. The van der Waals surface area contributed by atoms with Crippen molar-refractivity contribution >= 4 is 78.0 Å². The Morgan fingerprint density at radius 3 is 1.66 bits per heavy atom. The highest BCUT2D eigenvalue weighted by Gasteiger charge is 2.52. The van der Waals surface area contributed by atoms with Crippen LogP contribution in [0.3, 0.4) is 0 Å². The average molecular weight is 757 g/mol.